The Morgan fingerprint density at radius 3 is 3.00 bits per heavy atom. The Morgan fingerprint density at radius 2 is 2.33 bits per heavy atom. The minimum absolute atomic E-state index is 0.0983. The van der Waals surface area contributed by atoms with Crippen LogP contribution in [0.25, 0.3) is 0 Å². The predicted molar refractivity (Wildman–Crippen MR) is 73.6 cm³/mol. The summed E-state index contributed by atoms with van der Waals surface area (Å²) in [6, 6.07) is 7.36. The summed E-state index contributed by atoms with van der Waals surface area (Å²) in [6.07, 6.45) is 2.41. The Labute approximate surface area is 110 Å². The number of hydrogen-bond acceptors (Lipinski definition) is 4. The quantitative estimate of drug-likeness (QED) is 0.916. The van der Waals surface area contributed by atoms with Gasteiger partial charge < -0.3 is 10.6 Å². The maximum absolute atomic E-state index is 12.1. The molecule has 0 saturated carbocycles. The molecule has 5 heteroatoms. The van der Waals surface area contributed by atoms with E-state index in [0.717, 1.165) is 6.42 Å². The zero-order valence-electron chi connectivity index (χ0n) is 10.2. The van der Waals surface area contributed by atoms with Crippen LogP contribution in [0.4, 0.5) is 5.69 Å². The maximum atomic E-state index is 12.1. The third-order valence-electron chi connectivity index (χ3n) is 2.62. The van der Waals surface area contributed by atoms with E-state index in [1.807, 2.05) is 11.4 Å². The Bertz CT molecular complexity index is 525. The van der Waals surface area contributed by atoms with Crippen LogP contribution in [0.1, 0.15) is 15.4 Å². The number of nitrogens with two attached hydrogens (primary N) is 1. The number of hydrogen-bond donors (Lipinski definition) is 1. The lowest BCUT2D eigenvalue weighted by molar-refractivity contribution is 0.0791. The van der Waals surface area contributed by atoms with Crippen LogP contribution in [-0.4, -0.2) is 29.4 Å². The van der Waals surface area contributed by atoms with E-state index < -0.39 is 0 Å². The van der Waals surface area contributed by atoms with Crippen molar-refractivity contribution in [2.75, 3.05) is 19.3 Å². The van der Waals surface area contributed by atoms with Gasteiger partial charge in [-0.2, -0.15) is 0 Å². The van der Waals surface area contributed by atoms with Crippen molar-refractivity contribution in [2.45, 2.75) is 6.42 Å². The Hall–Kier alpha value is -1.88. The lowest BCUT2D eigenvalue weighted by Crippen LogP contribution is -2.29. The molecule has 2 heterocycles. The minimum atomic E-state index is -0.0983. The number of pyridine rings is 1. The Balaban J connectivity index is 1.96. The molecule has 0 atom stereocenters. The second kappa shape index (κ2) is 5.64. The predicted octanol–water partition coefficient (Wildman–Crippen LogP) is 2.04. The van der Waals surface area contributed by atoms with Crippen molar-refractivity contribution >= 4 is 22.9 Å². The average Bonchev–Trinajstić information content (AvgIpc) is 2.88. The summed E-state index contributed by atoms with van der Waals surface area (Å²) in [7, 11) is 1.78. The molecule has 0 saturated heterocycles. The SMILES string of the molecule is CN(CCc1cccs1)C(=O)c1cc(N)ccn1. The standard InChI is InChI=1S/C13H15N3OS/c1-16(7-5-11-3-2-8-18-11)13(17)12-9-10(14)4-6-15-12/h2-4,6,8-9H,5,7H2,1H3,(H2,14,15). The molecule has 0 aliphatic heterocycles. The molecule has 0 aliphatic carbocycles. The first-order valence-corrected chi connectivity index (χ1v) is 6.54. The second-order valence-corrected chi connectivity index (χ2v) is 5.06. The normalized spacial score (nSPS) is 10.3. The van der Waals surface area contributed by atoms with Gasteiger partial charge in [-0.1, -0.05) is 6.07 Å². The van der Waals surface area contributed by atoms with Gasteiger partial charge in [0.05, 0.1) is 0 Å². The highest BCUT2D eigenvalue weighted by molar-refractivity contribution is 7.09. The van der Waals surface area contributed by atoms with Crippen molar-refractivity contribution in [1.82, 2.24) is 9.88 Å². The van der Waals surface area contributed by atoms with Crippen LogP contribution in [0.3, 0.4) is 0 Å². The molecule has 2 aromatic rings. The van der Waals surface area contributed by atoms with Gasteiger partial charge in [0.15, 0.2) is 0 Å². The summed E-state index contributed by atoms with van der Waals surface area (Å²) in [5, 5.41) is 2.04. The van der Waals surface area contributed by atoms with Crippen molar-refractivity contribution in [2.24, 2.45) is 0 Å². The number of nitrogens with zero attached hydrogens (tertiary/aromatic N) is 2. The van der Waals surface area contributed by atoms with E-state index in [1.54, 1.807) is 41.6 Å². The number of rotatable bonds is 4. The summed E-state index contributed by atoms with van der Waals surface area (Å²) in [4.78, 5) is 19.0. The molecule has 94 valence electrons. The molecule has 0 aromatic carbocycles. The molecule has 2 rings (SSSR count). The first-order valence-electron chi connectivity index (χ1n) is 5.66. The maximum Gasteiger partial charge on any atom is 0.272 e. The number of anilines is 1. The van der Waals surface area contributed by atoms with Gasteiger partial charge >= 0.3 is 0 Å². The van der Waals surface area contributed by atoms with E-state index in [9.17, 15) is 4.79 Å². The Morgan fingerprint density at radius 1 is 1.50 bits per heavy atom. The smallest absolute Gasteiger partial charge is 0.272 e. The summed E-state index contributed by atoms with van der Waals surface area (Å²) in [6.45, 7) is 0.676. The van der Waals surface area contributed by atoms with Gasteiger partial charge in [-0.05, 0) is 30.0 Å². The molecule has 0 radical (unpaired) electrons. The van der Waals surface area contributed by atoms with Crippen LogP contribution in [-0.2, 0) is 6.42 Å². The van der Waals surface area contributed by atoms with Crippen LogP contribution < -0.4 is 5.73 Å². The van der Waals surface area contributed by atoms with E-state index in [0.29, 0.717) is 17.9 Å². The fourth-order valence-electron chi connectivity index (χ4n) is 1.59. The third kappa shape index (κ3) is 3.07. The van der Waals surface area contributed by atoms with Crippen molar-refractivity contribution < 1.29 is 4.79 Å². The molecule has 0 bridgehead atoms. The number of thiophene rings is 1. The number of carbonyl (C=O) groups is 1. The van der Waals surface area contributed by atoms with Gasteiger partial charge in [0.1, 0.15) is 5.69 Å². The fourth-order valence-corrected chi connectivity index (χ4v) is 2.29. The molecule has 0 fully saturated rings. The first kappa shape index (κ1) is 12.6. The highest BCUT2D eigenvalue weighted by Gasteiger charge is 2.13. The molecular weight excluding hydrogens is 246 g/mol. The molecule has 1 amide bonds. The zero-order chi connectivity index (χ0) is 13.0. The van der Waals surface area contributed by atoms with Gasteiger partial charge in [-0.3, -0.25) is 9.78 Å². The van der Waals surface area contributed by atoms with Crippen molar-refractivity contribution in [3.63, 3.8) is 0 Å². The number of likely N-dealkylation sites (N-methyl/N-ethyl adjacent to an activating group) is 1. The fraction of sp³-hybridized carbons (Fsp3) is 0.231. The molecule has 0 aliphatic rings. The molecular formula is C13H15N3OS. The van der Waals surface area contributed by atoms with Crippen molar-refractivity contribution in [1.29, 1.82) is 0 Å². The summed E-state index contributed by atoms with van der Waals surface area (Å²) < 4.78 is 0. The first-order chi connectivity index (χ1) is 8.66. The summed E-state index contributed by atoms with van der Waals surface area (Å²) in [5.41, 5.74) is 6.59. The summed E-state index contributed by atoms with van der Waals surface area (Å²) in [5.74, 6) is -0.0983. The molecule has 2 N–H and O–H groups in total. The average molecular weight is 261 g/mol. The summed E-state index contributed by atoms with van der Waals surface area (Å²) >= 11 is 1.70. The van der Waals surface area contributed by atoms with Crippen LogP contribution in [0.2, 0.25) is 0 Å². The van der Waals surface area contributed by atoms with Gasteiger partial charge in [0.25, 0.3) is 5.91 Å². The van der Waals surface area contributed by atoms with E-state index >= 15 is 0 Å². The number of nitrogen functional groups attached to an aromatic ring is 1. The van der Waals surface area contributed by atoms with Gasteiger partial charge in [-0.15, -0.1) is 11.3 Å². The minimum Gasteiger partial charge on any atom is -0.399 e. The Kier molecular flexibility index (Phi) is 3.94. The second-order valence-electron chi connectivity index (χ2n) is 4.03. The van der Waals surface area contributed by atoms with Gasteiger partial charge in [0, 0.05) is 30.4 Å². The lowest BCUT2D eigenvalue weighted by Gasteiger charge is -2.16. The highest BCUT2D eigenvalue weighted by atomic mass is 32.1. The monoisotopic (exact) mass is 261 g/mol. The van der Waals surface area contributed by atoms with Crippen LogP contribution in [0.5, 0.6) is 0 Å². The van der Waals surface area contributed by atoms with Crippen molar-refractivity contribution in [3.8, 4) is 0 Å². The number of carbonyl (C=O) groups excluding carboxylic acids is 1. The van der Waals surface area contributed by atoms with Gasteiger partial charge in [0.2, 0.25) is 0 Å². The zero-order valence-corrected chi connectivity index (χ0v) is 11.0. The highest BCUT2D eigenvalue weighted by Crippen LogP contribution is 2.11. The van der Waals surface area contributed by atoms with Crippen LogP contribution in [0, 0.1) is 0 Å². The van der Waals surface area contributed by atoms with E-state index in [1.165, 1.54) is 4.88 Å². The van der Waals surface area contributed by atoms with E-state index in [4.69, 9.17) is 5.73 Å². The number of aromatic nitrogens is 1. The molecule has 0 spiro atoms. The lowest BCUT2D eigenvalue weighted by atomic mass is 10.2. The van der Waals surface area contributed by atoms with E-state index in [2.05, 4.69) is 11.1 Å². The van der Waals surface area contributed by atoms with Crippen LogP contribution in [0.15, 0.2) is 35.8 Å². The van der Waals surface area contributed by atoms with E-state index in [-0.39, 0.29) is 5.91 Å². The van der Waals surface area contributed by atoms with Crippen LogP contribution >= 0.6 is 11.3 Å². The molecule has 4 nitrogen and oxygen atoms in total. The third-order valence-corrected chi connectivity index (χ3v) is 3.56. The molecule has 0 unspecified atom stereocenters. The van der Waals surface area contributed by atoms with Gasteiger partial charge in [-0.25, -0.2) is 0 Å². The van der Waals surface area contributed by atoms with Crippen molar-refractivity contribution in [3.05, 3.63) is 46.4 Å². The topological polar surface area (TPSA) is 59.2 Å². The molecule has 2 aromatic heterocycles. The largest absolute Gasteiger partial charge is 0.399 e. The number of amides is 1. The molecule has 18 heavy (non-hydrogen) atoms.